The molecule has 1 aliphatic carbocycles. The van der Waals surface area contributed by atoms with Crippen LogP contribution < -0.4 is 0 Å². The molecule has 2 atom stereocenters. The quantitative estimate of drug-likeness (QED) is 0.618. The lowest BCUT2D eigenvalue weighted by atomic mass is 9.71. The first-order chi connectivity index (χ1) is 9.90. The Morgan fingerprint density at radius 3 is 2.00 bits per heavy atom. The van der Waals surface area contributed by atoms with Gasteiger partial charge in [0.2, 0.25) is 6.04 Å². The van der Waals surface area contributed by atoms with Gasteiger partial charge in [0, 0.05) is 4.92 Å². The molecule has 0 saturated heterocycles. The molecule has 0 N–H and O–H groups in total. The van der Waals surface area contributed by atoms with E-state index in [0.717, 1.165) is 16.7 Å². The lowest BCUT2D eigenvalue weighted by Gasteiger charge is -2.32. The van der Waals surface area contributed by atoms with Gasteiger partial charge in [-0.15, -0.1) is 0 Å². The maximum atomic E-state index is 11.9. The monoisotopic (exact) mass is 281 g/mol. The zero-order valence-corrected chi connectivity index (χ0v) is 12.5. The van der Waals surface area contributed by atoms with Gasteiger partial charge in [-0.2, -0.15) is 0 Å². The number of fused-ring (bicyclic) bond motifs is 1. The summed E-state index contributed by atoms with van der Waals surface area (Å²) in [5.41, 5.74) is 2.06. The second-order valence-electron chi connectivity index (χ2n) is 6.52. The Kier molecular flexibility index (Phi) is 2.90. The molecule has 0 amide bonds. The third-order valence-corrected chi connectivity index (χ3v) is 5.00. The summed E-state index contributed by atoms with van der Waals surface area (Å²) in [5, 5.41) is 11.9. The van der Waals surface area contributed by atoms with Crippen molar-refractivity contribution in [2.45, 2.75) is 37.6 Å². The van der Waals surface area contributed by atoms with Crippen LogP contribution in [0.15, 0.2) is 54.6 Å². The van der Waals surface area contributed by atoms with Crippen LogP contribution in [0.25, 0.3) is 0 Å². The van der Waals surface area contributed by atoms with E-state index >= 15 is 0 Å². The summed E-state index contributed by atoms with van der Waals surface area (Å²) in [5.74, 6) is 0. The van der Waals surface area contributed by atoms with Crippen LogP contribution in [0.3, 0.4) is 0 Å². The predicted molar refractivity (Wildman–Crippen MR) is 83.1 cm³/mol. The number of hydrogen-bond acceptors (Lipinski definition) is 2. The molecule has 2 unspecified atom stereocenters. The zero-order valence-electron chi connectivity index (χ0n) is 12.5. The molecule has 2 aromatic rings. The average Bonchev–Trinajstić information content (AvgIpc) is 2.65. The highest BCUT2D eigenvalue weighted by atomic mass is 16.6. The predicted octanol–water partition coefficient (Wildman–Crippen LogP) is 3.93. The van der Waals surface area contributed by atoms with Crippen LogP contribution >= 0.6 is 0 Å². The van der Waals surface area contributed by atoms with Crippen LogP contribution in [0, 0.1) is 10.1 Å². The van der Waals surface area contributed by atoms with Crippen molar-refractivity contribution in [2.24, 2.45) is 0 Å². The highest BCUT2D eigenvalue weighted by Crippen LogP contribution is 2.53. The van der Waals surface area contributed by atoms with E-state index < -0.39 is 16.9 Å². The van der Waals surface area contributed by atoms with E-state index in [1.54, 1.807) is 0 Å². The summed E-state index contributed by atoms with van der Waals surface area (Å²) in [6.07, 6.45) is 0. The summed E-state index contributed by atoms with van der Waals surface area (Å²) in [6.45, 7) is 5.96. The van der Waals surface area contributed by atoms with Gasteiger partial charge in [-0.05, 0) is 37.5 Å². The third-order valence-electron chi connectivity index (χ3n) is 5.00. The first kappa shape index (κ1) is 13.8. The topological polar surface area (TPSA) is 43.1 Å². The van der Waals surface area contributed by atoms with Crippen LogP contribution in [0.1, 0.15) is 37.5 Å². The molecule has 0 radical (unpaired) electrons. The molecule has 0 spiro atoms. The third kappa shape index (κ3) is 1.73. The Labute approximate surface area is 124 Å². The second kappa shape index (κ2) is 4.42. The fourth-order valence-corrected chi connectivity index (χ4v) is 4.09. The minimum atomic E-state index is -0.676. The van der Waals surface area contributed by atoms with E-state index in [1.807, 2.05) is 75.4 Å². The first-order valence-corrected chi connectivity index (χ1v) is 7.19. The number of benzene rings is 2. The lowest BCUT2D eigenvalue weighted by molar-refractivity contribution is -0.541. The Balaban J connectivity index is 2.34. The van der Waals surface area contributed by atoms with Gasteiger partial charge >= 0.3 is 0 Å². The van der Waals surface area contributed by atoms with Crippen molar-refractivity contribution >= 4 is 0 Å². The Morgan fingerprint density at radius 1 is 0.905 bits per heavy atom. The minimum Gasteiger partial charge on any atom is -0.264 e. The first-order valence-electron chi connectivity index (χ1n) is 7.19. The number of nitro groups is 1. The highest BCUT2D eigenvalue weighted by molar-refractivity contribution is 5.54. The van der Waals surface area contributed by atoms with E-state index in [9.17, 15) is 10.1 Å². The second-order valence-corrected chi connectivity index (χ2v) is 6.52. The van der Waals surface area contributed by atoms with Crippen molar-refractivity contribution in [3.8, 4) is 0 Å². The number of nitrogens with zero attached hydrogens (tertiary/aromatic N) is 1. The van der Waals surface area contributed by atoms with Crippen LogP contribution in [0.4, 0.5) is 0 Å². The largest absolute Gasteiger partial charge is 0.264 e. The molecular formula is C18H19NO2. The summed E-state index contributed by atoms with van der Waals surface area (Å²) < 4.78 is 0. The molecule has 21 heavy (non-hydrogen) atoms. The SMILES string of the molecule is CC1(C)c2ccccc2C(C)(c2ccccc2)C1[N+](=O)[O-]. The molecule has 0 aromatic heterocycles. The maximum Gasteiger partial charge on any atom is 0.235 e. The minimum absolute atomic E-state index is 0.104. The van der Waals surface area contributed by atoms with Gasteiger partial charge in [0.15, 0.2) is 0 Å². The molecule has 3 nitrogen and oxygen atoms in total. The van der Waals surface area contributed by atoms with E-state index in [-0.39, 0.29) is 4.92 Å². The van der Waals surface area contributed by atoms with Gasteiger partial charge in [-0.3, -0.25) is 10.1 Å². The van der Waals surface area contributed by atoms with Crippen molar-refractivity contribution in [3.05, 3.63) is 81.4 Å². The fourth-order valence-electron chi connectivity index (χ4n) is 4.09. The van der Waals surface area contributed by atoms with Crippen molar-refractivity contribution in [2.75, 3.05) is 0 Å². The van der Waals surface area contributed by atoms with Crippen LogP contribution in [0.5, 0.6) is 0 Å². The van der Waals surface area contributed by atoms with Gasteiger partial charge < -0.3 is 0 Å². The Morgan fingerprint density at radius 2 is 1.43 bits per heavy atom. The van der Waals surface area contributed by atoms with Crippen LogP contribution in [-0.4, -0.2) is 11.0 Å². The standard InChI is InChI=1S/C18H19NO2/c1-17(2)14-11-7-8-12-15(14)18(3,16(17)19(20)21)13-9-5-4-6-10-13/h4-12,16H,1-3H3. The maximum absolute atomic E-state index is 11.9. The highest BCUT2D eigenvalue weighted by Gasteiger charge is 2.61. The van der Waals surface area contributed by atoms with Crippen LogP contribution in [-0.2, 0) is 10.8 Å². The molecule has 108 valence electrons. The fraction of sp³-hybridized carbons (Fsp3) is 0.333. The number of hydrogen-bond donors (Lipinski definition) is 0. The Bertz CT molecular complexity index is 693. The van der Waals surface area contributed by atoms with Gasteiger partial charge in [0.05, 0.1) is 10.8 Å². The summed E-state index contributed by atoms with van der Waals surface area (Å²) in [6, 6.07) is 17.2. The molecule has 3 heteroatoms. The summed E-state index contributed by atoms with van der Waals surface area (Å²) in [4.78, 5) is 11.8. The van der Waals surface area contributed by atoms with E-state index in [0.29, 0.717) is 0 Å². The van der Waals surface area contributed by atoms with E-state index in [1.165, 1.54) is 0 Å². The number of rotatable bonds is 2. The van der Waals surface area contributed by atoms with Gasteiger partial charge in [-0.1, -0.05) is 54.6 Å². The van der Waals surface area contributed by atoms with Crippen molar-refractivity contribution in [3.63, 3.8) is 0 Å². The summed E-state index contributed by atoms with van der Waals surface area (Å²) in [7, 11) is 0. The molecule has 2 aromatic carbocycles. The van der Waals surface area contributed by atoms with Crippen molar-refractivity contribution in [1.29, 1.82) is 0 Å². The molecular weight excluding hydrogens is 262 g/mol. The van der Waals surface area contributed by atoms with Crippen LogP contribution in [0.2, 0.25) is 0 Å². The smallest absolute Gasteiger partial charge is 0.235 e. The van der Waals surface area contributed by atoms with E-state index in [4.69, 9.17) is 0 Å². The average molecular weight is 281 g/mol. The van der Waals surface area contributed by atoms with Gasteiger partial charge in [0.1, 0.15) is 0 Å². The summed E-state index contributed by atoms with van der Waals surface area (Å²) >= 11 is 0. The molecule has 0 fully saturated rings. The molecule has 0 heterocycles. The molecule has 0 saturated carbocycles. The zero-order chi connectivity index (χ0) is 15.3. The van der Waals surface area contributed by atoms with Gasteiger partial charge in [0.25, 0.3) is 0 Å². The van der Waals surface area contributed by atoms with Crippen molar-refractivity contribution < 1.29 is 4.92 Å². The molecule has 1 aliphatic rings. The van der Waals surface area contributed by atoms with Gasteiger partial charge in [-0.25, -0.2) is 0 Å². The molecule has 3 rings (SSSR count). The lowest BCUT2D eigenvalue weighted by Crippen LogP contribution is -2.47. The van der Waals surface area contributed by atoms with Crippen molar-refractivity contribution in [1.82, 2.24) is 0 Å². The molecule has 0 aliphatic heterocycles. The van der Waals surface area contributed by atoms with E-state index in [2.05, 4.69) is 0 Å². The Hall–Kier alpha value is -2.16. The molecule has 0 bridgehead atoms. The normalized spacial score (nSPS) is 26.3.